The number of hydrogen-bond donors (Lipinski definition) is 1. The lowest BCUT2D eigenvalue weighted by Gasteiger charge is -2.22. The maximum atomic E-state index is 13.4. The van der Waals surface area contributed by atoms with E-state index in [1.165, 1.54) is 22.3 Å². The van der Waals surface area contributed by atoms with E-state index in [4.69, 9.17) is 0 Å². The van der Waals surface area contributed by atoms with Crippen molar-refractivity contribution in [3.05, 3.63) is 54.1 Å². The number of nitrogens with zero attached hydrogens (tertiary/aromatic N) is 2. The Labute approximate surface area is 169 Å². The summed E-state index contributed by atoms with van der Waals surface area (Å²) in [5.74, 6) is -0.395. The molecule has 148 valence electrons. The number of amides is 1. The summed E-state index contributed by atoms with van der Waals surface area (Å²) in [6.07, 6.45) is 0. The van der Waals surface area contributed by atoms with Crippen LogP contribution in [0.1, 0.15) is 17.3 Å². The molecule has 3 rings (SSSR count). The summed E-state index contributed by atoms with van der Waals surface area (Å²) in [6, 6.07) is 14.1. The van der Waals surface area contributed by atoms with Crippen molar-refractivity contribution in [1.29, 1.82) is 0 Å². The molecule has 8 heteroatoms. The molecule has 1 amide bonds. The Balaban J connectivity index is 2.07. The van der Waals surface area contributed by atoms with Gasteiger partial charge in [0.25, 0.3) is 5.91 Å². The van der Waals surface area contributed by atoms with Crippen molar-refractivity contribution in [3.63, 3.8) is 0 Å². The molecule has 0 aliphatic heterocycles. The first kappa shape index (κ1) is 20.4. The van der Waals surface area contributed by atoms with Crippen LogP contribution in [0.2, 0.25) is 0 Å². The second-order valence-corrected chi connectivity index (χ2v) is 10.0. The third-order valence-electron chi connectivity index (χ3n) is 4.43. The lowest BCUT2D eigenvalue weighted by atomic mass is 10.2. The van der Waals surface area contributed by atoms with Gasteiger partial charge in [-0.05, 0) is 24.3 Å². The minimum Gasteiger partial charge on any atom is -0.338 e. The van der Waals surface area contributed by atoms with Crippen LogP contribution in [0.15, 0.2) is 53.4 Å². The van der Waals surface area contributed by atoms with Crippen LogP contribution in [0.3, 0.4) is 0 Å². The Morgan fingerprint density at radius 2 is 1.79 bits per heavy atom. The van der Waals surface area contributed by atoms with Crippen LogP contribution in [0.25, 0.3) is 10.2 Å². The van der Waals surface area contributed by atoms with Gasteiger partial charge < -0.3 is 4.90 Å². The van der Waals surface area contributed by atoms with Gasteiger partial charge in [0.05, 0.1) is 53.6 Å². The lowest BCUT2D eigenvalue weighted by molar-refractivity contribution is -0.856. The minimum absolute atomic E-state index is 0.0553. The second kappa shape index (κ2) is 8.38. The monoisotopic (exact) mass is 418 g/mol. The van der Waals surface area contributed by atoms with Crippen molar-refractivity contribution in [2.75, 3.05) is 37.8 Å². The number of sulfone groups is 1. The number of para-hydroxylation sites is 1. The minimum atomic E-state index is -3.52. The first-order valence-corrected chi connectivity index (χ1v) is 11.6. The Hall–Kier alpha value is -2.29. The molecule has 0 saturated carbocycles. The zero-order chi connectivity index (χ0) is 20.3. The summed E-state index contributed by atoms with van der Waals surface area (Å²) in [6.45, 7) is 2.74. The first-order valence-electron chi connectivity index (χ1n) is 9.11. The Kier molecular flexibility index (Phi) is 6.12. The molecule has 2 aromatic carbocycles. The number of aromatic nitrogens is 1. The molecular weight excluding hydrogens is 394 g/mol. The Morgan fingerprint density at radius 3 is 2.46 bits per heavy atom. The van der Waals surface area contributed by atoms with E-state index < -0.39 is 9.84 Å². The molecule has 0 aliphatic carbocycles. The molecule has 0 fully saturated rings. The predicted octanol–water partition coefficient (Wildman–Crippen LogP) is 1.88. The number of thiazole rings is 1. The van der Waals surface area contributed by atoms with Gasteiger partial charge in [0.15, 0.2) is 15.0 Å². The number of hydrogen-bond acceptors (Lipinski definition) is 5. The molecule has 0 atom stereocenters. The molecule has 0 saturated heterocycles. The van der Waals surface area contributed by atoms with E-state index in [1.54, 1.807) is 30.0 Å². The highest BCUT2D eigenvalue weighted by Gasteiger charge is 2.27. The number of likely N-dealkylation sites (N-methyl/N-ethyl adjacent to an activating group) is 1. The normalized spacial score (nSPS) is 11.9. The Morgan fingerprint density at radius 1 is 1.11 bits per heavy atom. The quantitative estimate of drug-likeness (QED) is 0.636. The van der Waals surface area contributed by atoms with Crippen LogP contribution in [0.4, 0.5) is 5.13 Å². The topological polar surface area (TPSA) is 71.8 Å². The van der Waals surface area contributed by atoms with Gasteiger partial charge in [-0.1, -0.05) is 42.5 Å². The van der Waals surface area contributed by atoms with Crippen molar-refractivity contribution < 1.29 is 18.1 Å². The number of fused-ring (bicyclic) bond motifs is 1. The van der Waals surface area contributed by atoms with Crippen molar-refractivity contribution in [2.24, 2.45) is 0 Å². The van der Waals surface area contributed by atoms with Gasteiger partial charge in [-0.25, -0.2) is 13.4 Å². The van der Waals surface area contributed by atoms with E-state index in [-0.39, 0.29) is 22.1 Å². The fourth-order valence-corrected chi connectivity index (χ4v) is 4.89. The summed E-state index contributed by atoms with van der Waals surface area (Å²) >= 11 is 1.43. The van der Waals surface area contributed by atoms with Crippen molar-refractivity contribution in [1.82, 2.24) is 4.98 Å². The zero-order valence-electron chi connectivity index (χ0n) is 16.2. The van der Waals surface area contributed by atoms with E-state index in [2.05, 4.69) is 4.98 Å². The van der Waals surface area contributed by atoms with Crippen LogP contribution in [-0.2, 0) is 9.84 Å². The maximum absolute atomic E-state index is 13.4. The van der Waals surface area contributed by atoms with Gasteiger partial charge >= 0.3 is 0 Å². The van der Waals surface area contributed by atoms with E-state index in [1.807, 2.05) is 38.4 Å². The molecule has 0 radical (unpaired) electrons. The summed E-state index contributed by atoms with van der Waals surface area (Å²) in [4.78, 5) is 20.9. The molecule has 0 spiro atoms. The molecule has 1 N–H and O–H groups in total. The third-order valence-corrected chi connectivity index (χ3v) is 7.27. The molecule has 1 heterocycles. The van der Waals surface area contributed by atoms with E-state index in [9.17, 15) is 13.2 Å². The number of carbonyl (C=O) groups excluding carboxylic acids is 1. The largest absolute Gasteiger partial charge is 0.338 e. The number of nitrogens with one attached hydrogen (secondary N) is 1. The van der Waals surface area contributed by atoms with Gasteiger partial charge in [-0.3, -0.25) is 9.69 Å². The fraction of sp³-hybridized carbons (Fsp3) is 0.300. The highest BCUT2D eigenvalue weighted by atomic mass is 32.2. The van der Waals surface area contributed by atoms with Crippen LogP contribution < -0.4 is 9.80 Å². The first-order chi connectivity index (χ1) is 13.3. The summed E-state index contributed by atoms with van der Waals surface area (Å²) in [5, 5.41) is 0.580. The SMILES string of the molecule is CCS(=O)(=O)c1ccccc1C(=O)N(CC[NH+](C)C)c1nc2ccccc2s1. The molecule has 28 heavy (non-hydrogen) atoms. The molecule has 0 unspecified atom stereocenters. The van der Waals surface area contributed by atoms with Crippen LogP contribution in [0, 0.1) is 0 Å². The highest BCUT2D eigenvalue weighted by Crippen LogP contribution is 2.30. The molecular formula is C20H24N3O3S2+. The number of anilines is 1. The molecule has 1 aromatic heterocycles. The van der Waals surface area contributed by atoms with E-state index in [0.29, 0.717) is 18.2 Å². The van der Waals surface area contributed by atoms with Crippen molar-refractivity contribution in [3.8, 4) is 0 Å². The van der Waals surface area contributed by atoms with Crippen molar-refractivity contribution in [2.45, 2.75) is 11.8 Å². The predicted molar refractivity (Wildman–Crippen MR) is 113 cm³/mol. The highest BCUT2D eigenvalue weighted by molar-refractivity contribution is 7.91. The molecule has 0 bridgehead atoms. The average Bonchev–Trinajstić information content (AvgIpc) is 3.11. The lowest BCUT2D eigenvalue weighted by Crippen LogP contribution is -3.06. The van der Waals surface area contributed by atoms with Gasteiger partial charge in [0, 0.05) is 0 Å². The summed E-state index contributed by atoms with van der Waals surface area (Å²) in [7, 11) is 0.506. The van der Waals surface area contributed by atoms with Gasteiger partial charge in [-0.15, -0.1) is 0 Å². The van der Waals surface area contributed by atoms with Crippen LogP contribution >= 0.6 is 11.3 Å². The maximum Gasteiger partial charge on any atom is 0.261 e. The average molecular weight is 419 g/mol. The number of quaternary nitrogens is 1. The van der Waals surface area contributed by atoms with Crippen molar-refractivity contribution >= 4 is 42.4 Å². The number of rotatable bonds is 7. The van der Waals surface area contributed by atoms with Crippen LogP contribution in [-0.4, -0.2) is 52.2 Å². The second-order valence-electron chi connectivity index (χ2n) is 6.78. The van der Waals surface area contributed by atoms with Gasteiger partial charge in [-0.2, -0.15) is 0 Å². The number of carbonyl (C=O) groups is 1. The summed E-state index contributed by atoms with van der Waals surface area (Å²) < 4.78 is 26.0. The third kappa shape index (κ3) is 4.24. The summed E-state index contributed by atoms with van der Waals surface area (Å²) in [5.41, 5.74) is 1.02. The number of benzene rings is 2. The van der Waals surface area contributed by atoms with Gasteiger partial charge in [0.2, 0.25) is 0 Å². The Bertz CT molecular complexity index is 1060. The van der Waals surface area contributed by atoms with E-state index >= 15 is 0 Å². The standard InChI is InChI=1S/C20H23N3O3S2/c1-4-28(25,26)18-12-8-5-9-15(18)19(24)23(14-13-22(2)3)20-21-16-10-6-7-11-17(16)27-20/h5-12H,4,13-14H2,1-3H3/p+1. The smallest absolute Gasteiger partial charge is 0.261 e. The zero-order valence-corrected chi connectivity index (χ0v) is 17.8. The molecule has 3 aromatic rings. The fourth-order valence-electron chi connectivity index (χ4n) is 2.81. The van der Waals surface area contributed by atoms with E-state index in [0.717, 1.165) is 10.2 Å². The van der Waals surface area contributed by atoms with Crippen LogP contribution in [0.5, 0.6) is 0 Å². The molecule has 6 nitrogen and oxygen atoms in total. The van der Waals surface area contributed by atoms with Gasteiger partial charge in [0.1, 0.15) is 0 Å². The molecule has 0 aliphatic rings.